The number of carbonyl (C=O) groups is 1. The van der Waals surface area contributed by atoms with Gasteiger partial charge in [0.05, 0.1) is 6.61 Å². The van der Waals surface area contributed by atoms with Crippen LogP contribution in [0.5, 0.6) is 0 Å². The van der Waals surface area contributed by atoms with E-state index in [4.69, 9.17) is 5.11 Å². The molecule has 2 N–H and O–H groups in total. The number of carbonyl (C=O) groups excluding carboxylic acids is 1. The molecule has 1 fully saturated rings. The topological polar surface area (TPSA) is 49.3 Å². The molecule has 1 saturated carbocycles. The SMILES string of the molecule is O=C(Nc1cccc(CO)c1)C1CC1c1ccccc1. The normalized spacial score (nSPS) is 20.4. The Bertz CT molecular complexity index is 609. The van der Waals surface area contributed by atoms with Crippen molar-refractivity contribution in [1.82, 2.24) is 0 Å². The maximum absolute atomic E-state index is 12.2. The minimum absolute atomic E-state index is 0.0141. The average molecular weight is 267 g/mol. The highest BCUT2D eigenvalue weighted by atomic mass is 16.3. The van der Waals surface area contributed by atoms with E-state index in [1.165, 1.54) is 5.56 Å². The van der Waals surface area contributed by atoms with Crippen molar-refractivity contribution in [3.8, 4) is 0 Å². The van der Waals surface area contributed by atoms with Crippen molar-refractivity contribution in [3.05, 3.63) is 65.7 Å². The van der Waals surface area contributed by atoms with Crippen molar-refractivity contribution in [3.63, 3.8) is 0 Å². The van der Waals surface area contributed by atoms with Gasteiger partial charge in [-0.2, -0.15) is 0 Å². The van der Waals surface area contributed by atoms with Crippen molar-refractivity contribution >= 4 is 11.6 Å². The van der Waals surface area contributed by atoms with E-state index in [-0.39, 0.29) is 18.4 Å². The maximum atomic E-state index is 12.2. The summed E-state index contributed by atoms with van der Waals surface area (Å²) in [7, 11) is 0. The second-order valence-electron chi connectivity index (χ2n) is 5.21. The van der Waals surface area contributed by atoms with Gasteiger partial charge in [0.15, 0.2) is 0 Å². The highest BCUT2D eigenvalue weighted by molar-refractivity contribution is 5.95. The van der Waals surface area contributed by atoms with Gasteiger partial charge < -0.3 is 10.4 Å². The van der Waals surface area contributed by atoms with Crippen molar-refractivity contribution in [2.75, 3.05) is 5.32 Å². The molecule has 3 nitrogen and oxygen atoms in total. The van der Waals surface area contributed by atoms with E-state index in [0.717, 1.165) is 17.7 Å². The van der Waals surface area contributed by atoms with Crippen LogP contribution in [-0.2, 0) is 11.4 Å². The van der Waals surface area contributed by atoms with Crippen LogP contribution in [0.25, 0.3) is 0 Å². The summed E-state index contributed by atoms with van der Waals surface area (Å²) < 4.78 is 0. The molecule has 102 valence electrons. The largest absolute Gasteiger partial charge is 0.392 e. The number of aliphatic hydroxyl groups excluding tert-OH is 1. The number of aliphatic hydroxyl groups is 1. The Morgan fingerprint density at radius 3 is 2.70 bits per heavy atom. The first-order valence-corrected chi connectivity index (χ1v) is 6.83. The van der Waals surface area contributed by atoms with Gasteiger partial charge in [0.1, 0.15) is 0 Å². The lowest BCUT2D eigenvalue weighted by molar-refractivity contribution is -0.117. The predicted octanol–water partition coefficient (Wildman–Crippen LogP) is 2.92. The lowest BCUT2D eigenvalue weighted by Crippen LogP contribution is -2.14. The maximum Gasteiger partial charge on any atom is 0.228 e. The summed E-state index contributed by atoms with van der Waals surface area (Å²) in [5.41, 5.74) is 2.79. The van der Waals surface area contributed by atoms with Crippen molar-refractivity contribution in [2.45, 2.75) is 18.9 Å². The monoisotopic (exact) mass is 267 g/mol. The van der Waals surface area contributed by atoms with Crippen LogP contribution in [0.1, 0.15) is 23.5 Å². The fourth-order valence-corrected chi connectivity index (χ4v) is 2.54. The molecule has 20 heavy (non-hydrogen) atoms. The molecule has 0 saturated heterocycles. The van der Waals surface area contributed by atoms with Gasteiger partial charge in [0.2, 0.25) is 5.91 Å². The van der Waals surface area contributed by atoms with E-state index < -0.39 is 0 Å². The Labute approximate surface area is 118 Å². The van der Waals surface area contributed by atoms with E-state index in [2.05, 4.69) is 17.4 Å². The van der Waals surface area contributed by atoms with Gasteiger partial charge in [0, 0.05) is 11.6 Å². The Balaban J connectivity index is 1.64. The second-order valence-corrected chi connectivity index (χ2v) is 5.21. The molecule has 0 radical (unpaired) electrons. The fourth-order valence-electron chi connectivity index (χ4n) is 2.54. The molecular weight excluding hydrogens is 250 g/mol. The molecule has 1 aliphatic rings. The first-order valence-electron chi connectivity index (χ1n) is 6.83. The third-order valence-corrected chi connectivity index (χ3v) is 3.73. The molecule has 3 heteroatoms. The second kappa shape index (κ2) is 5.47. The molecule has 1 amide bonds. The summed E-state index contributed by atoms with van der Waals surface area (Å²) in [4.78, 5) is 12.2. The van der Waals surface area contributed by atoms with Crippen molar-refractivity contribution < 1.29 is 9.90 Å². The molecule has 2 aromatic rings. The van der Waals surface area contributed by atoms with Gasteiger partial charge in [-0.25, -0.2) is 0 Å². The number of anilines is 1. The number of amides is 1. The smallest absolute Gasteiger partial charge is 0.228 e. The van der Waals surface area contributed by atoms with Gasteiger partial charge in [-0.1, -0.05) is 42.5 Å². The van der Waals surface area contributed by atoms with E-state index in [1.807, 2.05) is 36.4 Å². The van der Waals surface area contributed by atoms with Gasteiger partial charge in [0.25, 0.3) is 0 Å². The summed E-state index contributed by atoms with van der Waals surface area (Å²) in [5.74, 6) is 0.473. The quantitative estimate of drug-likeness (QED) is 0.894. The minimum atomic E-state index is -0.0141. The number of hydrogen-bond acceptors (Lipinski definition) is 2. The highest BCUT2D eigenvalue weighted by Crippen LogP contribution is 2.47. The summed E-state index contributed by atoms with van der Waals surface area (Å²) in [6, 6.07) is 17.5. The molecule has 0 aromatic heterocycles. The molecule has 0 bridgehead atoms. The Morgan fingerprint density at radius 2 is 1.95 bits per heavy atom. The minimum Gasteiger partial charge on any atom is -0.392 e. The fraction of sp³-hybridized carbons (Fsp3) is 0.235. The van der Waals surface area contributed by atoms with Crippen molar-refractivity contribution in [2.24, 2.45) is 5.92 Å². The third-order valence-electron chi connectivity index (χ3n) is 3.73. The average Bonchev–Trinajstić information content (AvgIpc) is 3.29. The van der Waals surface area contributed by atoms with E-state index in [9.17, 15) is 4.79 Å². The standard InChI is InChI=1S/C17H17NO2/c19-11-12-5-4-8-14(9-12)18-17(20)16-10-15(16)13-6-2-1-3-7-13/h1-9,15-16,19H,10-11H2,(H,18,20). The molecule has 2 atom stereocenters. The van der Waals surface area contributed by atoms with Gasteiger partial charge in [-0.3, -0.25) is 4.79 Å². The summed E-state index contributed by atoms with van der Waals surface area (Å²) in [6.07, 6.45) is 0.912. The Kier molecular flexibility index (Phi) is 3.52. The van der Waals surface area contributed by atoms with Crippen LogP contribution in [-0.4, -0.2) is 11.0 Å². The Hall–Kier alpha value is -2.13. The van der Waals surface area contributed by atoms with Crippen LogP contribution in [0.2, 0.25) is 0 Å². The molecule has 0 heterocycles. The summed E-state index contributed by atoms with van der Waals surface area (Å²) in [5, 5.41) is 12.0. The molecule has 2 aromatic carbocycles. The third kappa shape index (κ3) is 2.73. The van der Waals surface area contributed by atoms with E-state index in [0.29, 0.717) is 5.92 Å². The van der Waals surface area contributed by atoms with Crippen LogP contribution in [0.15, 0.2) is 54.6 Å². The lowest BCUT2D eigenvalue weighted by atomic mass is 10.1. The number of rotatable bonds is 4. The highest BCUT2D eigenvalue weighted by Gasteiger charge is 2.43. The van der Waals surface area contributed by atoms with Crippen molar-refractivity contribution in [1.29, 1.82) is 0 Å². The van der Waals surface area contributed by atoms with Gasteiger partial charge in [-0.15, -0.1) is 0 Å². The Morgan fingerprint density at radius 1 is 1.15 bits per heavy atom. The molecule has 0 aliphatic heterocycles. The molecule has 2 unspecified atom stereocenters. The first kappa shape index (κ1) is 12.9. The van der Waals surface area contributed by atoms with Crippen LogP contribution < -0.4 is 5.32 Å². The summed E-state index contributed by atoms with van der Waals surface area (Å²) >= 11 is 0. The summed E-state index contributed by atoms with van der Waals surface area (Å²) in [6.45, 7) is -0.0141. The predicted molar refractivity (Wildman–Crippen MR) is 78.3 cm³/mol. The van der Waals surface area contributed by atoms with Crippen LogP contribution in [0, 0.1) is 5.92 Å². The van der Waals surface area contributed by atoms with E-state index >= 15 is 0 Å². The lowest BCUT2D eigenvalue weighted by Gasteiger charge is -2.06. The first-order chi connectivity index (χ1) is 9.78. The molecule has 3 rings (SSSR count). The molecule has 1 aliphatic carbocycles. The van der Waals surface area contributed by atoms with Crippen LogP contribution in [0.4, 0.5) is 5.69 Å². The molecule has 0 spiro atoms. The molecular formula is C17H17NO2. The number of nitrogens with one attached hydrogen (secondary N) is 1. The van der Waals surface area contributed by atoms with Gasteiger partial charge >= 0.3 is 0 Å². The number of benzene rings is 2. The van der Waals surface area contributed by atoms with Crippen LogP contribution >= 0.6 is 0 Å². The number of hydrogen-bond donors (Lipinski definition) is 2. The van der Waals surface area contributed by atoms with Gasteiger partial charge in [-0.05, 0) is 35.6 Å². The van der Waals surface area contributed by atoms with E-state index in [1.54, 1.807) is 6.07 Å². The van der Waals surface area contributed by atoms with Crippen LogP contribution in [0.3, 0.4) is 0 Å². The zero-order valence-electron chi connectivity index (χ0n) is 11.1. The zero-order chi connectivity index (χ0) is 13.9. The zero-order valence-corrected chi connectivity index (χ0v) is 11.1.